The van der Waals surface area contributed by atoms with E-state index in [1.165, 1.54) is 0 Å². The van der Waals surface area contributed by atoms with E-state index in [1.807, 2.05) is 18.9 Å². The lowest BCUT2D eigenvalue weighted by molar-refractivity contribution is -0.272. The Morgan fingerprint density at radius 3 is 2.37 bits per heavy atom. The Bertz CT molecular complexity index is 448. The van der Waals surface area contributed by atoms with Gasteiger partial charge in [0.15, 0.2) is 5.60 Å². The monoisotopic (exact) mass is 277 g/mol. The number of rotatable bonds is 2. The molecular formula is C12H18F3N3O. The number of hydrogen-bond acceptors (Lipinski definition) is 3. The molecule has 1 aromatic rings. The molecule has 0 spiro atoms. The summed E-state index contributed by atoms with van der Waals surface area (Å²) in [5.41, 5.74) is -0.496. The molecule has 0 amide bonds. The van der Waals surface area contributed by atoms with Gasteiger partial charge in [0, 0.05) is 37.9 Å². The van der Waals surface area contributed by atoms with Crippen molar-refractivity contribution in [2.24, 2.45) is 7.05 Å². The van der Waals surface area contributed by atoms with Crippen LogP contribution in [0.5, 0.6) is 0 Å². The molecule has 0 saturated carbocycles. The number of aryl methyl sites for hydroxylation is 1. The van der Waals surface area contributed by atoms with Crippen LogP contribution in [0.15, 0.2) is 6.20 Å². The molecule has 0 radical (unpaired) electrons. The number of aliphatic hydroxyl groups is 1. The molecule has 1 aromatic heterocycles. The molecule has 1 fully saturated rings. The Labute approximate surface area is 109 Å². The van der Waals surface area contributed by atoms with Crippen LogP contribution in [0.3, 0.4) is 0 Å². The number of halogens is 3. The molecule has 0 atom stereocenters. The van der Waals surface area contributed by atoms with Crippen LogP contribution in [-0.2, 0) is 13.6 Å². The van der Waals surface area contributed by atoms with Crippen molar-refractivity contribution in [2.75, 3.05) is 13.1 Å². The molecule has 0 unspecified atom stereocenters. The maximum atomic E-state index is 12.7. The number of piperidine rings is 1. The minimum atomic E-state index is -4.54. The Hall–Kier alpha value is -1.08. The molecular weight excluding hydrogens is 259 g/mol. The predicted molar refractivity (Wildman–Crippen MR) is 63.5 cm³/mol. The molecule has 4 nitrogen and oxygen atoms in total. The minimum absolute atomic E-state index is 0.240. The highest BCUT2D eigenvalue weighted by molar-refractivity contribution is 5.15. The Morgan fingerprint density at radius 2 is 1.95 bits per heavy atom. The summed E-state index contributed by atoms with van der Waals surface area (Å²) < 4.78 is 39.7. The Kier molecular flexibility index (Phi) is 3.61. The van der Waals surface area contributed by atoms with Gasteiger partial charge in [-0.25, -0.2) is 0 Å². The lowest BCUT2D eigenvalue weighted by Crippen LogP contribution is -2.53. The van der Waals surface area contributed by atoms with Crippen LogP contribution in [0.1, 0.15) is 24.1 Å². The summed E-state index contributed by atoms with van der Waals surface area (Å²) in [6, 6.07) is 0. The molecule has 0 aliphatic carbocycles. The molecule has 7 heteroatoms. The van der Waals surface area contributed by atoms with Crippen LogP contribution < -0.4 is 0 Å². The summed E-state index contributed by atoms with van der Waals surface area (Å²) in [5, 5.41) is 13.7. The molecule has 1 aliphatic heterocycles. The second-order valence-corrected chi connectivity index (χ2v) is 5.18. The highest BCUT2D eigenvalue weighted by Gasteiger charge is 2.54. The van der Waals surface area contributed by atoms with Gasteiger partial charge in [-0.15, -0.1) is 0 Å². The molecule has 0 bridgehead atoms. The number of nitrogens with zero attached hydrogens (tertiary/aromatic N) is 3. The quantitative estimate of drug-likeness (QED) is 0.893. The minimum Gasteiger partial charge on any atom is -0.380 e. The van der Waals surface area contributed by atoms with Gasteiger partial charge < -0.3 is 5.11 Å². The second kappa shape index (κ2) is 4.79. The van der Waals surface area contributed by atoms with Crippen molar-refractivity contribution in [3.05, 3.63) is 17.5 Å². The van der Waals surface area contributed by atoms with Gasteiger partial charge in [-0.2, -0.15) is 18.3 Å². The first-order valence-corrected chi connectivity index (χ1v) is 6.22. The summed E-state index contributed by atoms with van der Waals surface area (Å²) in [5.74, 6) is 0. The average Bonchev–Trinajstić information content (AvgIpc) is 2.63. The third-order valence-electron chi connectivity index (χ3n) is 3.94. The zero-order valence-electron chi connectivity index (χ0n) is 11.0. The molecule has 1 aliphatic rings. The first kappa shape index (κ1) is 14.3. The Balaban J connectivity index is 1.96. The van der Waals surface area contributed by atoms with E-state index in [0.717, 1.165) is 11.3 Å². The van der Waals surface area contributed by atoms with E-state index in [-0.39, 0.29) is 25.9 Å². The van der Waals surface area contributed by atoms with Gasteiger partial charge in [0.05, 0.1) is 6.20 Å². The van der Waals surface area contributed by atoms with Crippen molar-refractivity contribution < 1.29 is 18.3 Å². The third kappa shape index (κ3) is 2.76. The van der Waals surface area contributed by atoms with Gasteiger partial charge in [0.25, 0.3) is 0 Å². The fraction of sp³-hybridized carbons (Fsp3) is 0.750. The maximum Gasteiger partial charge on any atom is 0.417 e. The number of alkyl halides is 3. The first-order chi connectivity index (χ1) is 8.73. The third-order valence-corrected chi connectivity index (χ3v) is 3.94. The van der Waals surface area contributed by atoms with E-state index in [9.17, 15) is 18.3 Å². The molecule has 2 rings (SSSR count). The number of aromatic nitrogens is 2. The van der Waals surface area contributed by atoms with Crippen molar-refractivity contribution >= 4 is 0 Å². The van der Waals surface area contributed by atoms with Gasteiger partial charge in [-0.1, -0.05) is 0 Å². The summed E-state index contributed by atoms with van der Waals surface area (Å²) >= 11 is 0. The van der Waals surface area contributed by atoms with Gasteiger partial charge >= 0.3 is 6.18 Å². The van der Waals surface area contributed by atoms with Crippen molar-refractivity contribution in [3.8, 4) is 0 Å². The highest BCUT2D eigenvalue weighted by Crippen LogP contribution is 2.38. The fourth-order valence-corrected chi connectivity index (χ4v) is 2.30. The number of hydrogen-bond donors (Lipinski definition) is 1. The fourth-order valence-electron chi connectivity index (χ4n) is 2.30. The predicted octanol–water partition coefficient (Wildman–Crippen LogP) is 1.62. The SMILES string of the molecule is Cc1c(CN2CCC(O)(C(F)(F)F)CC2)cnn1C. The van der Waals surface area contributed by atoms with Crippen molar-refractivity contribution in [1.82, 2.24) is 14.7 Å². The lowest BCUT2D eigenvalue weighted by Gasteiger charge is -2.39. The van der Waals surface area contributed by atoms with Crippen LogP contribution in [0.25, 0.3) is 0 Å². The van der Waals surface area contributed by atoms with Crippen LogP contribution in [0.4, 0.5) is 13.2 Å². The second-order valence-electron chi connectivity index (χ2n) is 5.18. The number of likely N-dealkylation sites (tertiary alicyclic amines) is 1. The zero-order valence-corrected chi connectivity index (χ0v) is 11.0. The molecule has 108 valence electrons. The summed E-state index contributed by atoms with van der Waals surface area (Å²) in [7, 11) is 1.83. The average molecular weight is 277 g/mol. The van der Waals surface area contributed by atoms with Crippen molar-refractivity contribution in [3.63, 3.8) is 0 Å². The molecule has 0 aromatic carbocycles. The molecule has 19 heavy (non-hydrogen) atoms. The molecule has 1 N–H and O–H groups in total. The van der Waals surface area contributed by atoms with E-state index in [4.69, 9.17) is 0 Å². The standard InChI is InChI=1S/C12H18F3N3O/c1-9-10(7-16-17(9)2)8-18-5-3-11(19,4-6-18)12(13,14)15/h7,19H,3-6,8H2,1-2H3. The zero-order chi connectivity index (χ0) is 14.3. The van der Waals surface area contributed by atoms with Crippen molar-refractivity contribution in [1.29, 1.82) is 0 Å². The molecule has 1 saturated heterocycles. The largest absolute Gasteiger partial charge is 0.417 e. The van der Waals surface area contributed by atoms with Crippen LogP contribution in [0.2, 0.25) is 0 Å². The maximum absolute atomic E-state index is 12.7. The Morgan fingerprint density at radius 1 is 1.37 bits per heavy atom. The smallest absolute Gasteiger partial charge is 0.380 e. The first-order valence-electron chi connectivity index (χ1n) is 6.22. The van der Waals surface area contributed by atoms with Gasteiger partial charge in [0.2, 0.25) is 0 Å². The summed E-state index contributed by atoms with van der Waals surface area (Å²) in [6.45, 7) is 2.99. The van der Waals surface area contributed by atoms with Gasteiger partial charge in [0.1, 0.15) is 0 Å². The summed E-state index contributed by atoms with van der Waals surface area (Å²) in [4.78, 5) is 1.92. The van der Waals surface area contributed by atoms with Gasteiger partial charge in [-0.05, 0) is 19.8 Å². The molecule has 2 heterocycles. The van der Waals surface area contributed by atoms with Crippen molar-refractivity contribution in [2.45, 2.75) is 38.1 Å². The summed E-state index contributed by atoms with van der Waals surface area (Å²) in [6.07, 6.45) is -3.34. The van der Waals surface area contributed by atoms with Crippen LogP contribution in [0, 0.1) is 6.92 Å². The van der Waals surface area contributed by atoms with Crippen LogP contribution in [-0.4, -0.2) is 44.7 Å². The van der Waals surface area contributed by atoms with E-state index < -0.39 is 11.8 Å². The van der Waals surface area contributed by atoms with Crippen LogP contribution >= 0.6 is 0 Å². The highest BCUT2D eigenvalue weighted by atomic mass is 19.4. The van der Waals surface area contributed by atoms with E-state index >= 15 is 0 Å². The van der Waals surface area contributed by atoms with Gasteiger partial charge in [-0.3, -0.25) is 9.58 Å². The van der Waals surface area contributed by atoms with E-state index in [2.05, 4.69) is 5.10 Å². The van der Waals surface area contributed by atoms with E-state index in [0.29, 0.717) is 6.54 Å². The lowest BCUT2D eigenvalue weighted by atomic mass is 9.90. The topological polar surface area (TPSA) is 41.3 Å². The van der Waals surface area contributed by atoms with E-state index in [1.54, 1.807) is 10.9 Å². The normalized spacial score (nSPS) is 20.7.